The minimum atomic E-state index is -3.31. The van der Waals surface area contributed by atoms with Crippen LogP contribution in [0.15, 0.2) is 47.5 Å². The standard InChI is InChI=1S/C23H27N3O4S/c1-16(2)31(28,29)21-10-3-17(4-11-21)13-22(27)26-19-6-8-20(9-7-19)30-23-12-5-18(14-24)15-25-23/h3-5,10-12,15-16,19-20H,6-9,13H2,1-2H3,(H,26,27). The lowest BCUT2D eigenvalue weighted by Crippen LogP contribution is -2.40. The molecule has 3 rings (SSSR count). The summed E-state index contributed by atoms with van der Waals surface area (Å²) in [6.07, 6.45) is 5.02. The van der Waals surface area contributed by atoms with Crippen LogP contribution in [0.4, 0.5) is 0 Å². The molecule has 1 amide bonds. The second-order valence-corrected chi connectivity index (χ2v) is 10.6. The molecule has 1 aliphatic rings. The predicted octanol–water partition coefficient (Wildman–Crippen LogP) is 3.18. The Morgan fingerprint density at radius 2 is 1.84 bits per heavy atom. The van der Waals surface area contributed by atoms with Crippen LogP contribution in [-0.4, -0.2) is 36.7 Å². The summed E-state index contributed by atoms with van der Waals surface area (Å²) >= 11 is 0. The van der Waals surface area contributed by atoms with E-state index in [-0.39, 0.29) is 29.4 Å². The molecule has 1 aromatic heterocycles. The number of nitrogens with zero attached hydrogens (tertiary/aromatic N) is 2. The molecule has 1 saturated carbocycles. The molecule has 0 unspecified atom stereocenters. The van der Waals surface area contributed by atoms with Crippen LogP contribution >= 0.6 is 0 Å². The van der Waals surface area contributed by atoms with Crippen LogP contribution in [0.5, 0.6) is 5.88 Å². The van der Waals surface area contributed by atoms with Crippen LogP contribution in [0.3, 0.4) is 0 Å². The monoisotopic (exact) mass is 441 g/mol. The van der Waals surface area contributed by atoms with Gasteiger partial charge in [-0.15, -0.1) is 0 Å². The Bertz CT molecular complexity index is 1030. The average molecular weight is 442 g/mol. The zero-order valence-corrected chi connectivity index (χ0v) is 18.6. The number of amides is 1. The molecule has 164 valence electrons. The van der Waals surface area contributed by atoms with Gasteiger partial charge in [-0.3, -0.25) is 4.79 Å². The van der Waals surface area contributed by atoms with Crippen molar-refractivity contribution in [3.05, 3.63) is 53.7 Å². The Labute approximate surface area is 183 Å². The molecule has 1 fully saturated rings. The molecule has 0 aliphatic heterocycles. The summed E-state index contributed by atoms with van der Waals surface area (Å²) in [6.45, 7) is 3.30. The summed E-state index contributed by atoms with van der Waals surface area (Å²) in [4.78, 5) is 16.8. The zero-order chi connectivity index (χ0) is 22.4. The van der Waals surface area contributed by atoms with Crippen molar-refractivity contribution in [1.29, 1.82) is 5.26 Å². The number of rotatable bonds is 7. The van der Waals surface area contributed by atoms with Crippen molar-refractivity contribution in [3.63, 3.8) is 0 Å². The Morgan fingerprint density at radius 3 is 2.39 bits per heavy atom. The summed E-state index contributed by atoms with van der Waals surface area (Å²) in [5.74, 6) is 0.437. The van der Waals surface area contributed by atoms with Crippen molar-refractivity contribution >= 4 is 15.7 Å². The van der Waals surface area contributed by atoms with Crippen molar-refractivity contribution in [2.75, 3.05) is 0 Å². The lowest BCUT2D eigenvalue weighted by molar-refractivity contribution is -0.121. The van der Waals surface area contributed by atoms with Gasteiger partial charge in [-0.05, 0) is 63.3 Å². The summed E-state index contributed by atoms with van der Waals surface area (Å²) in [5.41, 5.74) is 1.28. The third-order valence-corrected chi connectivity index (χ3v) is 7.60. The van der Waals surface area contributed by atoms with Gasteiger partial charge in [-0.25, -0.2) is 13.4 Å². The highest BCUT2D eigenvalue weighted by Crippen LogP contribution is 2.23. The van der Waals surface area contributed by atoms with E-state index in [1.165, 1.54) is 6.20 Å². The number of hydrogen-bond donors (Lipinski definition) is 1. The predicted molar refractivity (Wildman–Crippen MR) is 116 cm³/mol. The van der Waals surface area contributed by atoms with Gasteiger partial charge in [0, 0.05) is 18.3 Å². The first kappa shape index (κ1) is 22.8. The number of carbonyl (C=O) groups excluding carboxylic acids is 1. The van der Waals surface area contributed by atoms with Gasteiger partial charge < -0.3 is 10.1 Å². The molecule has 0 spiro atoms. The number of nitrogens with one attached hydrogen (secondary N) is 1. The number of hydrogen-bond acceptors (Lipinski definition) is 6. The van der Waals surface area contributed by atoms with Gasteiger partial charge >= 0.3 is 0 Å². The fourth-order valence-corrected chi connectivity index (χ4v) is 4.60. The highest BCUT2D eigenvalue weighted by atomic mass is 32.2. The van der Waals surface area contributed by atoms with Gasteiger partial charge in [-0.2, -0.15) is 5.26 Å². The molecule has 7 nitrogen and oxygen atoms in total. The summed E-state index contributed by atoms with van der Waals surface area (Å²) in [7, 11) is -3.31. The maximum atomic E-state index is 12.4. The maximum Gasteiger partial charge on any atom is 0.224 e. The van der Waals surface area contributed by atoms with Crippen molar-refractivity contribution in [1.82, 2.24) is 10.3 Å². The van der Waals surface area contributed by atoms with Crippen molar-refractivity contribution in [2.24, 2.45) is 0 Å². The van der Waals surface area contributed by atoms with E-state index in [0.29, 0.717) is 11.4 Å². The summed E-state index contributed by atoms with van der Waals surface area (Å²) in [5, 5.41) is 11.4. The number of pyridine rings is 1. The number of aromatic nitrogens is 1. The number of ether oxygens (including phenoxy) is 1. The first-order valence-electron chi connectivity index (χ1n) is 10.4. The van der Waals surface area contributed by atoms with E-state index in [9.17, 15) is 13.2 Å². The normalized spacial score (nSPS) is 18.9. The molecular weight excluding hydrogens is 414 g/mol. The first-order chi connectivity index (χ1) is 14.8. The van der Waals surface area contributed by atoms with E-state index < -0.39 is 15.1 Å². The number of carbonyl (C=O) groups is 1. The van der Waals surface area contributed by atoms with Crippen molar-refractivity contribution < 1.29 is 17.9 Å². The highest BCUT2D eigenvalue weighted by molar-refractivity contribution is 7.92. The molecule has 1 N–H and O–H groups in total. The molecule has 1 heterocycles. The van der Waals surface area contributed by atoms with Gasteiger partial charge in [0.2, 0.25) is 11.8 Å². The Morgan fingerprint density at radius 1 is 1.16 bits per heavy atom. The fraction of sp³-hybridized carbons (Fsp3) is 0.435. The topological polar surface area (TPSA) is 109 Å². The van der Waals surface area contributed by atoms with Crippen LogP contribution < -0.4 is 10.1 Å². The minimum Gasteiger partial charge on any atom is -0.474 e. The van der Waals surface area contributed by atoms with Gasteiger partial charge in [0.1, 0.15) is 12.2 Å². The molecule has 1 aliphatic carbocycles. The van der Waals surface area contributed by atoms with Crippen LogP contribution in [0, 0.1) is 11.3 Å². The lowest BCUT2D eigenvalue weighted by Gasteiger charge is -2.29. The average Bonchev–Trinajstić information content (AvgIpc) is 2.76. The molecule has 8 heteroatoms. The highest BCUT2D eigenvalue weighted by Gasteiger charge is 2.24. The second kappa shape index (κ2) is 9.92. The van der Waals surface area contributed by atoms with E-state index in [2.05, 4.69) is 10.3 Å². The van der Waals surface area contributed by atoms with E-state index >= 15 is 0 Å². The van der Waals surface area contributed by atoms with Crippen LogP contribution in [0.25, 0.3) is 0 Å². The van der Waals surface area contributed by atoms with Gasteiger partial charge in [0.25, 0.3) is 0 Å². The van der Waals surface area contributed by atoms with E-state index in [0.717, 1.165) is 31.2 Å². The van der Waals surface area contributed by atoms with Gasteiger partial charge in [0.05, 0.1) is 22.1 Å². The smallest absolute Gasteiger partial charge is 0.224 e. The Hall–Kier alpha value is -2.92. The molecule has 0 saturated heterocycles. The van der Waals surface area contributed by atoms with Crippen LogP contribution in [-0.2, 0) is 21.1 Å². The molecule has 1 aromatic carbocycles. The maximum absolute atomic E-state index is 12.4. The van der Waals surface area contributed by atoms with E-state index in [1.807, 2.05) is 6.07 Å². The molecular formula is C23H27N3O4S. The Kier molecular flexibility index (Phi) is 7.29. The quantitative estimate of drug-likeness (QED) is 0.707. The van der Waals surface area contributed by atoms with Crippen LogP contribution in [0.2, 0.25) is 0 Å². The number of nitriles is 1. The Balaban J connectivity index is 1.45. The minimum absolute atomic E-state index is 0.0454. The number of sulfone groups is 1. The molecule has 0 atom stereocenters. The molecule has 0 bridgehead atoms. The van der Waals surface area contributed by atoms with Gasteiger partial charge in [0.15, 0.2) is 9.84 Å². The molecule has 2 aromatic rings. The third-order valence-electron chi connectivity index (χ3n) is 5.43. The van der Waals surface area contributed by atoms with Crippen molar-refractivity contribution in [2.45, 2.75) is 68.2 Å². The van der Waals surface area contributed by atoms with E-state index in [1.54, 1.807) is 50.2 Å². The fourth-order valence-electron chi connectivity index (χ4n) is 3.55. The van der Waals surface area contributed by atoms with Gasteiger partial charge in [-0.1, -0.05) is 12.1 Å². The molecule has 31 heavy (non-hydrogen) atoms. The summed E-state index contributed by atoms with van der Waals surface area (Å²) in [6, 6.07) is 12.0. The first-order valence-corrected chi connectivity index (χ1v) is 12.0. The third kappa shape index (κ3) is 6.05. The largest absolute Gasteiger partial charge is 0.474 e. The molecule has 0 radical (unpaired) electrons. The van der Waals surface area contributed by atoms with E-state index in [4.69, 9.17) is 10.00 Å². The van der Waals surface area contributed by atoms with Crippen LogP contribution in [0.1, 0.15) is 50.7 Å². The summed E-state index contributed by atoms with van der Waals surface area (Å²) < 4.78 is 30.3. The number of benzene rings is 1. The second-order valence-electron chi connectivity index (χ2n) is 8.07. The van der Waals surface area contributed by atoms with Crippen molar-refractivity contribution in [3.8, 4) is 11.9 Å². The lowest BCUT2D eigenvalue weighted by atomic mass is 9.92. The SMILES string of the molecule is CC(C)S(=O)(=O)c1ccc(CC(=O)NC2CCC(Oc3ccc(C#N)cn3)CC2)cc1. The zero-order valence-electron chi connectivity index (χ0n) is 17.7.